The first kappa shape index (κ1) is 25.0. The maximum atomic E-state index is 14.7. The van der Waals surface area contributed by atoms with Crippen LogP contribution in [0.25, 0.3) is 0 Å². The Labute approximate surface area is 207 Å². The molecule has 4 aliphatic heterocycles. The Balaban J connectivity index is 1.44. The number of hydrogen-bond acceptors (Lipinski definition) is 5. The van der Waals surface area contributed by atoms with Gasteiger partial charge in [-0.1, -0.05) is 12.1 Å². The van der Waals surface area contributed by atoms with Gasteiger partial charge in [0, 0.05) is 38.2 Å². The Bertz CT molecular complexity index is 1120. The number of rotatable bonds is 4. The highest BCUT2D eigenvalue weighted by molar-refractivity contribution is 6.22. The number of alkyl halides is 3. The molecular formula is C26H29F4N3O3. The molecule has 0 radical (unpaired) electrons. The van der Waals surface area contributed by atoms with E-state index in [0.717, 1.165) is 37.3 Å². The molecule has 0 unspecified atom stereocenters. The van der Waals surface area contributed by atoms with Crippen molar-refractivity contribution >= 4 is 11.7 Å². The summed E-state index contributed by atoms with van der Waals surface area (Å²) in [6, 6.07) is 2.12. The van der Waals surface area contributed by atoms with E-state index in [-0.39, 0.29) is 17.0 Å². The molecule has 1 spiro atoms. The first-order valence-corrected chi connectivity index (χ1v) is 12.3. The summed E-state index contributed by atoms with van der Waals surface area (Å²) < 4.78 is 65.4. The Morgan fingerprint density at radius 2 is 1.86 bits per heavy atom. The zero-order valence-electron chi connectivity index (χ0n) is 20.0. The summed E-state index contributed by atoms with van der Waals surface area (Å²) in [6.45, 7) is 4.51. The lowest BCUT2D eigenvalue weighted by molar-refractivity contribution is -0.140. The van der Waals surface area contributed by atoms with Gasteiger partial charge >= 0.3 is 6.18 Å². The third-order valence-corrected chi connectivity index (χ3v) is 7.60. The summed E-state index contributed by atoms with van der Waals surface area (Å²) >= 11 is 0. The highest BCUT2D eigenvalue weighted by atomic mass is 19.4. The van der Waals surface area contributed by atoms with Gasteiger partial charge in [0.05, 0.1) is 29.3 Å². The summed E-state index contributed by atoms with van der Waals surface area (Å²) in [4.78, 5) is 20.3. The molecule has 10 heteroatoms. The summed E-state index contributed by atoms with van der Waals surface area (Å²) in [6.07, 6.45) is 2.32. The van der Waals surface area contributed by atoms with Crippen molar-refractivity contribution in [3.05, 3.63) is 58.6 Å². The van der Waals surface area contributed by atoms with Gasteiger partial charge in [-0.15, -0.1) is 0 Å². The number of nitrogens with one attached hydrogen (secondary N) is 1. The van der Waals surface area contributed by atoms with Crippen molar-refractivity contribution in [2.45, 2.75) is 50.4 Å². The van der Waals surface area contributed by atoms with Crippen LogP contribution >= 0.6 is 0 Å². The van der Waals surface area contributed by atoms with Crippen LogP contribution in [-0.2, 0) is 20.4 Å². The Kier molecular flexibility index (Phi) is 6.67. The van der Waals surface area contributed by atoms with Crippen molar-refractivity contribution in [1.29, 1.82) is 0 Å². The predicted molar refractivity (Wildman–Crippen MR) is 125 cm³/mol. The molecule has 1 aromatic carbocycles. The van der Waals surface area contributed by atoms with Crippen molar-refractivity contribution in [2.75, 3.05) is 33.0 Å². The van der Waals surface area contributed by atoms with Gasteiger partial charge in [0.25, 0.3) is 5.91 Å². The highest BCUT2D eigenvalue weighted by Crippen LogP contribution is 2.40. The minimum atomic E-state index is -4.82. The van der Waals surface area contributed by atoms with E-state index in [1.165, 1.54) is 13.0 Å². The average molecular weight is 508 g/mol. The number of nitrogens with zero attached hydrogens (tertiary/aromatic N) is 2. The van der Waals surface area contributed by atoms with E-state index in [9.17, 15) is 22.4 Å². The third kappa shape index (κ3) is 4.56. The second-order valence-electron chi connectivity index (χ2n) is 9.82. The molecule has 1 aromatic rings. The number of benzene rings is 1. The maximum absolute atomic E-state index is 14.7. The quantitative estimate of drug-likeness (QED) is 0.609. The van der Waals surface area contributed by atoms with Crippen LogP contribution in [0.3, 0.4) is 0 Å². The summed E-state index contributed by atoms with van der Waals surface area (Å²) in [5.74, 6) is -1.11. The maximum Gasteiger partial charge on any atom is 0.419 e. The van der Waals surface area contributed by atoms with Crippen LogP contribution in [0, 0.1) is 11.7 Å². The fraction of sp³-hybridized carbons (Fsp3) is 0.538. The number of carbonyl (C=O) groups excluding carboxylic acids is 1. The molecule has 0 bridgehead atoms. The molecule has 0 aliphatic carbocycles. The summed E-state index contributed by atoms with van der Waals surface area (Å²) in [5.41, 5.74) is -0.478. The SMILES string of the molecule is C[C@@H](NC(=O)C1=CC(C2CCOCC2)=CN2C1=NCC21CCOCC1)c1cccc(C(F)(F)F)c1F. The van der Waals surface area contributed by atoms with Crippen molar-refractivity contribution < 1.29 is 31.8 Å². The number of halogens is 4. The molecule has 1 atom stereocenters. The second kappa shape index (κ2) is 9.63. The monoisotopic (exact) mass is 507 g/mol. The lowest BCUT2D eigenvalue weighted by Gasteiger charge is -2.43. The van der Waals surface area contributed by atoms with Gasteiger partial charge in [0.2, 0.25) is 0 Å². The summed E-state index contributed by atoms with van der Waals surface area (Å²) in [7, 11) is 0. The fourth-order valence-corrected chi connectivity index (χ4v) is 5.46. The first-order valence-electron chi connectivity index (χ1n) is 12.3. The number of hydrogen-bond donors (Lipinski definition) is 1. The van der Waals surface area contributed by atoms with Crippen molar-refractivity contribution in [3.63, 3.8) is 0 Å². The largest absolute Gasteiger partial charge is 0.419 e. The molecule has 2 saturated heterocycles. The number of fused-ring (bicyclic) bond motifs is 2. The molecule has 194 valence electrons. The second-order valence-corrected chi connectivity index (χ2v) is 9.82. The van der Waals surface area contributed by atoms with E-state index in [1.807, 2.05) is 6.08 Å². The number of aliphatic imine (C=N–C) groups is 1. The molecule has 1 N–H and O–H groups in total. The van der Waals surface area contributed by atoms with Gasteiger partial charge in [-0.2, -0.15) is 13.2 Å². The van der Waals surface area contributed by atoms with Crippen molar-refractivity contribution in [2.24, 2.45) is 10.9 Å². The van der Waals surface area contributed by atoms with E-state index in [2.05, 4.69) is 16.4 Å². The van der Waals surface area contributed by atoms with Crippen LogP contribution in [0.5, 0.6) is 0 Å². The standard InChI is InChI=1S/C26H29F4N3O3/c1-16(19-3-2-4-21(22(19)27)26(28,29)30)32-24(34)20-13-18(17-5-9-35-10-6-17)14-33-23(20)31-15-25(33)7-11-36-12-8-25/h2-4,13-14,16-17H,5-12,15H2,1H3,(H,32,34)/t16-/m1/s1. The normalized spacial score (nSPS) is 23.0. The van der Waals surface area contributed by atoms with E-state index in [0.29, 0.717) is 50.4 Å². The van der Waals surface area contributed by atoms with Gasteiger partial charge in [0.1, 0.15) is 11.7 Å². The Hall–Kier alpha value is -2.72. The number of amides is 1. The molecule has 4 heterocycles. The minimum absolute atomic E-state index is 0.221. The van der Waals surface area contributed by atoms with Crippen LogP contribution < -0.4 is 5.32 Å². The van der Waals surface area contributed by atoms with E-state index in [1.54, 1.807) is 0 Å². The zero-order valence-corrected chi connectivity index (χ0v) is 20.0. The molecule has 0 aromatic heterocycles. The van der Waals surface area contributed by atoms with Crippen molar-refractivity contribution in [1.82, 2.24) is 10.2 Å². The lowest BCUT2D eigenvalue weighted by Crippen LogP contribution is -2.52. The number of ether oxygens (including phenoxy) is 2. The smallest absolute Gasteiger partial charge is 0.381 e. The summed E-state index contributed by atoms with van der Waals surface area (Å²) in [5, 5.41) is 2.71. The van der Waals surface area contributed by atoms with Gasteiger partial charge in [-0.25, -0.2) is 4.39 Å². The lowest BCUT2D eigenvalue weighted by atomic mass is 9.85. The molecule has 36 heavy (non-hydrogen) atoms. The molecule has 6 nitrogen and oxygen atoms in total. The average Bonchev–Trinajstić information content (AvgIpc) is 3.21. The topological polar surface area (TPSA) is 63.2 Å². The molecule has 5 rings (SSSR count). The number of carbonyl (C=O) groups is 1. The fourth-order valence-electron chi connectivity index (χ4n) is 5.46. The number of allylic oxidation sites excluding steroid dienone is 2. The van der Waals surface area contributed by atoms with Crippen LogP contribution in [-0.4, -0.2) is 55.2 Å². The van der Waals surface area contributed by atoms with E-state index < -0.39 is 29.5 Å². The van der Waals surface area contributed by atoms with Crippen LogP contribution in [0.2, 0.25) is 0 Å². The van der Waals surface area contributed by atoms with E-state index in [4.69, 9.17) is 14.5 Å². The van der Waals surface area contributed by atoms with Gasteiger partial charge < -0.3 is 19.7 Å². The number of amidine groups is 1. The molecule has 1 amide bonds. The Morgan fingerprint density at radius 3 is 2.56 bits per heavy atom. The van der Waals surface area contributed by atoms with Crippen LogP contribution in [0.1, 0.15) is 49.8 Å². The van der Waals surface area contributed by atoms with Crippen molar-refractivity contribution in [3.8, 4) is 0 Å². The Morgan fingerprint density at radius 1 is 1.17 bits per heavy atom. The van der Waals surface area contributed by atoms with Gasteiger partial charge in [0.15, 0.2) is 0 Å². The highest BCUT2D eigenvalue weighted by Gasteiger charge is 2.47. The predicted octanol–water partition coefficient (Wildman–Crippen LogP) is 4.54. The van der Waals surface area contributed by atoms with E-state index >= 15 is 0 Å². The van der Waals surface area contributed by atoms with Gasteiger partial charge in [-0.3, -0.25) is 9.79 Å². The molecule has 4 aliphatic rings. The molecule has 2 fully saturated rings. The van der Waals surface area contributed by atoms with Crippen LogP contribution in [0.15, 0.2) is 46.6 Å². The molecule has 0 saturated carbocycles. The zero-order chi connectivity index (χ0) is 25.5. The first-order chi connectivity index (χ1) is 17.2. The third-order valence-electron chi connectivity index (χ3n) is 7.60. The van der Waals surface area contributed by atoms with Gasteiger partial charge in [-0.05, 0) is 56.2 Å². The van der Waals surface area contributed by atoms with Crippen LogP contribution in [0.4, 0.5) is 17.6 Å². The minimum Gasteiger partial charge on any atom is -0.381 e. The molecular weight excluding hydrogens is 478 g/mol.